The average Bonchev–Trinajstić information content (AvgIpc) is 2.30. The standard InChI is InChI=1S/C13H11O/c14-10-11-5-4-8-13(9-11)12-6-2-1-3-7-12/h1-4,6-7,9-10,13H,8H2. The van der Waals surface area contributed by atoms with Crippen molar-refractivity contribution < 1.29 is 4.79 Å². The highest BCUT2D eigenvalue weighted by molar-refractivity contribution is 5.76. The molecule has 0 bridgehead atoms. The maximum absolute atomic E-state index is 10.6. The fraction of sp³-hybridized carbons (Fsp3) is 0.154. The first kappa shape index (κ1) is 8.95. The largest absolute Gasteiger partial charge is 0.298 e. The van der Waals surface area contributed by atoms with E-state index < -0.39 is 0 Å². The highest BCUT2D eigenvalue weighted by Gasteiger charge is 2.10. The second-order valence-corrected chi connectivity index (χ2v) is 3.34. The molecule has 14 heavy (non-hydrogen) atoms. The number of rotatable bonds is 2. The van der Waals surface area contributed by atoms with Crippen molar-refractivity contribution in [3.8, 4) is 0 Å². The molecule has 0 saturated carbocycles. The van der Waals surface area contributed by atoms with Crippen molar-refractivity contribution in [1.29, 1.82) is 0 Å². The lowest BCUT2D eigenvalue weighted by Crippen LogP contribution is -1.99. The van der Waals surface area contributed by atoms with Crippen LogP contribution in [0.3, 0.4) is 0 Å². The first-order valence-electron chi connectivity index (χ1n) is 4.70. The van der Waals surface area contributed by atoms with Crippen molar-refractivity contribution >= 4 is 6.29 Å². The molecule has 0 fully saturated rings. The number of hydrogen-bond acceptors (Lipinski definition) is 1. The van der Waals surface area contributed by atoms with E-state index in [2.05, 4.69) is 18.2 Å². The molecule has 1 aromatic carbocycles. The lowest BCUT2D eigenvalue weighted by atomic mass is 9.90. The summed E-state index contributed by atoms with van der Waals surface area (Å²) in [5.74, 6) is 0.331. The summed E-state index contributed by atoms with van der Waals surface area (Å²) >= 11 is 0. The van der Waals surface area contributed by atoms with Crippen molar-refractivity contribution in [3.63, 3.8) is 0 Å². The van der Waals surface area contributed by atoms with Crippen molar-refractivity contribution in [2.24, 2.45) is 0 Å². The molecule has 1 heteroatoms. The Kier molecular flexibility index (Phi) is 2.59. The molecule has 0 saturated heterocycles. The van der Waals surface area contributed by atoms with E-state index >= 15 is 0 Å². The molecular formula is C13H11O. The maximum Gasteiger partial charge on any atom is 0.150 e. The second-order valence-electron chi connectivity index (χ2n) is 3.34. The van der Waals surface area contributed by atoms with Crippen LogP contribution in [0, 0.1) is 6.08 Å². The Morgan fingerprint density at radius 2 is 2.07 bits per heavy atom. The van der Waals surface area contributed by atoms with E-state index in [4.69, 9.17) is 0 Å². The molecule has 0 amide bonds. The minimum absolute atomic E-state index is 0.331. The Labute approximate surface area is 83.8 Å². The molecule has 0 aliphatic heterocycles. The van der Waals surface area contributed by atoms with E-state index in [1.165, 1.54) is 5.56 Å². The van der Waals surface area contributed by atoms with Crippen LogP contribution in [-0.2, 0) is 4.79 Å². The molecule has 1 aromatic rings. The molecule has 0 aromatic heterocycles. The van der Waals surface area contributed by atoms with Gasteiger partial charge in [0.1, 0.15) is 6.29 Å². The molecule has 1 aliphatic rings. The fourth-order valence-corrected chi connectivity index (χ4v) is 1.64. The number of hydrogen-bond donors (Lipinski definition) is 0. The second kappa shape index (κ2) is 4.05. The number of carbonyl (C=O) groups is 1. The molecule has 1 radical (unpaired) electrons. The fourth-order valence-electron chi connectivity index (χ4n) is 1.64. The van der Waals surface area contributed by atoms with Crippen molar-refractivity contribution in [2.75, 3.05) is 0 Å². The van der Waals surface area contributed by atoms with Crippen LogP contribution in [0.1, 0.15) is 17.9 Å². The van der Waals surface area contributed by atoms with E-state index in [1.54, 1.807) is 0 Å². The molecule has 2 rings (SSSR count). The van der Waals surface area contributed by atoms with Gasteiger partial charge in [-0.3, -0.25) is 4.79 Å². The first-order valence-corrected chi connectivity index (χ1v) is 4.70. The molecule has 0 spiro atoms. The van der Waals surface area contributed by atoms with Crippen molar-refractivity contribution in [2.45, 2.75) is 12.3 Å². The van der Waals surface area contributed by atoms with E-state index in [9.17, 15) is 4.79 Å². The van der Waals surface area contributed by atoms with Gasteiger partial charge in [-0.25, -0.2) is 0 Å². The maximum atomic E-state index is 10.6. The Morgan fingerprint density at radius 1 is 1.29 bits per heavy atom. The van der Waals surface area contributed by atoms with Crippen LogP contribution in [-0.4, -0.2) is 6.29 Å². The summed E-state index contributed by atoms with van der Waals surface area (Å²) in [5.41, 5.74) is 1.91. The van der Waals surface area contributed by atoms with Gasteiger partial charge in [0.25, 0.3) is 0 Å². The van der Waals surface area contributed by atoms with Crippen molar-refractivity contribution in [3.05, 3.63) is 59.7 Å². The number of benzene rings is 1. The Balaban J connectivity index is 2.26. The first-order chi connectivity index (χ1) is 6.90. The van der Waals surface area contributed by atoms with Crippen LogP contribution in [0.15, 0.2) is 48.1 Å². The van der Waals surface area contributed by atoms with Gasteiger partial charge in [-0.1, -0.05) is 42.5 Å². The Morgan fingerprint density at radius 3 is 2.79 bits per heavy atom. The van der Waals surface area contributed by atoms with Crippen LogP contribution >= 0.6 is 0 Å². The van der Waals surface area contributed by atoms with Crippen molar-refractivity contribution in [1.82, 2.24) is 0 Å². The van der Waals surface area contributed by atoms with Gasteiger partial charge >= 0.3 is 0 Å². The number of carbonyl (C=O) groups excluding carboxylic acids is 1. The van der Waals surface area contributed by atoms with Gasteiger partial charge in [-0.15, -0.1) is 0 Å². The van der Waals surface area contributed by atoms with Crippen LogP contribution in [0.2, 0.25) is 0 Å². The summed E-state index contributed by atoms with van der Waals surface area (Å²) < 4.78 is 0. The quantitative estimate of drug-likeness (QED) is 0.644. The smallest absolute Gasteiger partial charge is 0.150 e. The summed E-state index contributed by atoms with van der Waals surface area (Å²) in [6, 6.07) is 10.2. The van der Waals surface area contributed by atoms with Crippen LogP contribution in [0.5, 0.6) is 0 Å². The third kappa shape index (κ3) is 1.82. The monoisotopic (exact) mass is 183 g/mol. The lowest BCUT2D eigenvalue weighted by Gasteiger charge is -2.14. The summed E-state index contributed by atoms with van der Waals surface area (Å²) in [7, 11) is 0. The van der Waals surface area contributed by atoms with Gasteiger partial charge in [0.05, 0.1) is 0 Å². The SMILES string of the molecule is O=CC1=CC(c2ccccc2)CC=[C]1. The zero-order valence-electron chi connectivity index (χ0n) is 7.81. The molecule has 0 heterocycles. The van der Waals surface area contributed by atoms with Gasteiger partial charge < -0.3 is 0 Å². The molecular weight excluding hydrogens is 172 g/mol. The van der Waals surface area contributed by atoms with Gasteiger partial charge in [-0.2, -0.15) is 0 Å². The highest BCUT2D eigenvalue weighted by Crippen LogP contribution is 2.25. The minimum Gasteiger partial charge on any atom is -0.298 e. The van der Waals surface area contributed by atoms with Crippen LogP contribution in [0.25, 0.3) is 0 Å². The zero-order chi connectivity index (χ0) is 9.80. The van der Waals surface area contributed by atoms with E-state index in [0.717, 1.165) is 12.7 Å². The highest BCUT2D eigenvalue weighted by atomic mass is 16.1. The molecule has 1 unspecified atom stereocenters. The summed E-state index contributed by atoms with van der Waals surface area (Å²) in [6.45, 7) is 0. The normalized spacial score (nSPS) is 20.3. The predicted molar refractivity (Wildman–Crippen MR) is 55.8 cm³/mol. The van der Waals surface area contributed by atoms with Gasteiger partial charge in [0.15, 0.2) is 0 Å². The Hall–Kier alpha value is -1.63. The lowest BCUT2D eigenvalue weighted by molar-refractivity contribution is -0.104. The molecule has 1 aliphatic carbocycles. The minimum atomic E-state index is 0.331. The van der Waals surface area contributed by atoms with Crippen LogP contribution < -0.4 is 0 Å². The Bertz CT molecular complexity index is 373. The molecule has 0 N–H and O–H groups in total. The number of allylic oxidation sites excluding steroid dienone is 4. The van der Waals surface area contributed by atoms with E-state index in [0.29, 0.717) is 11.5 Å². The topological polar surface area (TPSA) is 17.1 Å². The van der Waals surface area contributed by atoms with Gasteiger partial charge in [0.2, 0.25) is 0 Å². The van der Waals surface area contributed by atoms with E-state index in [-0.39, 0.29) is 0 Å². The molecule has 1 atom stereocenters. The third-order valence-corrected chi connectivity index (χ3v) is 2.38. The summed E-state index contributed by atoms with van der Waals surface area (Å²) in [6.07, 6.45) is 8.63. The molecule has 1 nitrogen and oxygen atoms in total. The summed E-state index contributed by atoms with van der Waals surface area (Å²) in [5, 5.41) is 0. The summed E-state index contributed by atoms with van der Waals surface area (Å²) in [4.78, 5) is 10.6. The van der Waals surface area contributed by atoms with Gasteiger partial charge in [0, 0.05) is 11.5 Å². The van der Waals surface area contributed by atoms with Crippen LogP contribution in [0.4, 0.5) is 0 Å². The zero-order valence-corrected chi connectivity index (χ0v) is 7.81. The third-order valence-electron chi connectivity index (χ3n) is 2.38. The average molecular weight is 183 g/mol. The predicted octanol–water partition coefficient (Wildman–Crippen LogP) is 2.66. The van der Waals surface area contributed by atoms with Gasteiger partial charge in [-0.05, 0) is 18.1 Å². The molecule has 69 valence electrons. The van der Waals surface area contributed by atoms with E-state index in [1.807, 2.05) is 30.4 Å². The number of aldehydes is 1.